The van der Waals surface area contributed by atoms with E-state index in [9.17, 15) is 9.59 Å². The quantitative estimate of drug-likeness (QED) is 0.885. The highest BCUT2D eigenvalue weighted by molar-refractivity contribution is 5.87. The van der Waals surface area contributed by atoms with Gasteiger partial charge in [0.15, 0.2) is 0 Å². The Morgan fingerprint density at radius 1 is 1.24 bits per heavy atom. The van der Waals surface area contributed by atoms with E-state index < -0.39 is 6.04 Å². The van der Waals surface area contributed by atoms with Gasteiger partial charge in [-0.25, -0.2) is 4.79 Å². The zero-order chi connectivity index (χ0) is 17.8. The van der Waals surface area contributed by atoms with Crippen LogP contribution in [-0.2, 0) is 4.79 Å². The third-order valence-electron chi connectivity index (χ3n) is 5.07. The summed E-state index contributed by atoms with van der Waals surface area (Å²) in [7, 11) is 0. The second kappa shape index (κ2) is 7.76. The Labute approximate surface area is 148 Å². The summed E-state index contributed by atoms with van der Waals surface area (Å²) >= 11 is 0. The summed E-state index contributed by atoms with van der Waals surface area (Å²) in [4.78, 5) is 26.9. The number of urea groups is 1. The van der Waals surface area contributed by atoms with E-state index in [0.717, 1.165) is 43.5 Å². The number of hydrogen-bond acceptors (Lipinski definition) is 3. The molecule has 2 heterocycles. The number of nitrogens with one attached hydrogen (secondary N) is 2. The zero-order valence-corrected chi connectivity index (χ0v) is 15.0. The first-order valence-electron chi connectivity index (χ1n) is 9.15. The van der Waals surface area contributed by atoms with Crippen LogP contribution < -0.4 is 15.4 Å². The second-order valence-electron chi connectivity index (χ2n) is 6.94. The van der Waals surface area contributed by atoms with Gasteiger partial charge in [-0.15, -0.1) is 0 Å². The Bertz CT molecular complexity index is 634. The van der Waals surface area contributed by atoms with Crippen molar-refractivity contribution >= 4 is 11.9 Å². The largest absolute Gasteiger partial charge is 0.493 e. The number of carbonyl (C=O) groups excluding carboxylic acids is 2. The molecule has 0 unspecified atom stereocenters. The van der Waals surface area contributed by atoms with Crippen molar-refractivity contribution in [3.05, 3.63) is 29.8 Å². The first-order chi connectivity index (χ1) is 12.1. The van der Waals surface area contributed by atoms with Crippen molar-refractivity contribution in [2.75, 3.05) is 13.2 Å². The highest BCUT2D eigenvalue weighted by Crippen LogP contribution is 2.31. The molecule has 2 aliphatic heterocycles. The van der Waals surface area contributed by atoms with E-state index >= 15 is 0 Å². The summed E-state index contributed by atoms with van der Waals surface area (Å²) in [5, 5.41) is 5.77. The third-order valence-corrected chi connectivity index (χ3v) is 5.07. The predicted molar refractivity (Wildman–Crippen MR) is 95.5 cm³/mol. The van der Waals surface area contributed by atoms with E-state index in [1.807, 2.05) is 29.2 Å². The molecule has 25 heavy (non-hydrogen) atoms. The maximum Gasteiger partial charge on any atom is 0.315 e. The molecular weight excluding hydrogens is 318 g/mol. The Kier molecular flexibility index (Phi) is 5.46. The Morgan fingerprint density at radius 3 is 2.84 bits per heavy atom. The number of hydrogen-bond donors (Lipinski definition) is 2. The van der Waals surface area contributed by atoms with Crippen molar-refractivity contribution in [3.63, 3.8) is 0 Å². The van der Waals surface area contributed by atoms with Crippen molar-refractivity contribution in [2.45, 2.75) is 57.7 Å². The van der Waals surface area contributed by atoms with Gasteiger partial charge in [-0.2, -0.15) is 0 Å². The molecule has 1 fully saturated rings. The molecule has 0 bridgehead atoms. The standard InChI is InChI=1S/C19H27N3O3/c1-13-7-5-6-11-22(13)18(23)14(2)20-19(24)21-16-10-12-25-17-9-4-3-8-15(16)17/h3-4,8-9,13-14,16H,5-7,10-12H2,1-2H3,(H2,20,21,24)/t13-,14-,16-/m0/s1. The van der Waals surface area contributed by atoms with Crippen molar-refractivity contribution in [3.8, 4) is 5.75 Å². The second-order valence-corrected chi connectivity index (χ2v) is 6.94. The summed E-state index contributed by atoms with van der Waals surface area (Å²) in [5.41, 5.74) is 0.979. The van der Waals surface area contributed by atoms with Crippen LogP contribution in [-0.4, -0.2) is 42.1 Å². The smallest absolute Gasteiger partial charge is 0.315 e. The third kappa shape index (κ3) is 4.06. The molecule has 1 saturated heterocycles. The molecule has 1 aromatic rings. The molecule has 2 N–H and O–H groups in total. The molecule has 3 atom stereocenters. The number of likely N-dealkylation sites (tertiary alicyclic amines) is 1. The average Bonchev–Trinajstić information content (AvgIpc) is 2.62. The molecule has 0 aliphatic carbocycles. The molecular formula is C19H27N3O3. The number of piperidine rings is 1. The van der Waals surface area contributed by atoms with Crippen LogP contribution in [0.4, 0.5) is 4.79 Å². The lowest BCUT2D eigenvalue weighted by Crippen LogP contribution is -2.53. The van der Waals surface area contributed by atoms with Gasteiger partial charge >= 0.3 is 6.03 Å². The maximum absolute atomic E-state index is 12.6. The number of benzene rings is 1. The maximum atomic E-state index is 12.6. The normalized spacial score (nSPS) is 23.8. The van der Waals surface area contributed by atoms with E-state index in [4.69, 9.17) is 4.74 Å². The summed E-state index contributed by atoms with van der Waals surface area (Å²) in [6, 6.07) is 7.03. The molecule has 0 saturated carbocycles. The van der Waals surface area contributed by atoms with Gasteiger partial charge < -0.3 is 20.3 Å². The summed E-state index contributed by atoms with van der Waals surface area (Å²) in [6.45, 7) is 5.17. The van der Waals surface area contributed by atoms with Crippen LogP contribution >= 0.6 is 0 Å². The fraction of sp³-hybridized carbons (Fsp3) is 0.579. The Hall–Kier alpha value is -2.24. The van der Waals surface area contributed by atoms with Crippen molar-refractivity contribution < 1.29 is 14.3 Å². The molecule has 0 aromatic heterocycles. The number of ether oxygens (including phenoxy) is 1. The van der Waals surface area contributed by atoms with Crippen LogP contribution in [0.1, 0.15) is 51.1 Å². The van der Waals surface area contributed by atoms with Gasteiger partial charge in [-0.05, 0) is 39.2 Å². The van der Waals surface area contributed by atoms with Gasteiger partial charge in [0.05, 0.1) is 12.6 Å². The monoisotopic (exact) mass is 345 g/mol. The number of nitrogens with zero attached hydrogens (tertiary/aromatic N) is 1. The van der Waals surface area contributed by atoms with E-state index in [2.05, 4.69) is 17.6 Å². The van der Waals surface area contributed by atoms with E-state index in [1.165, 1.54) is 0 Å². The van der Waals surface area contributed by atoms with E-state index in [0.29, 0.717) is 6.61 Å². The number of fused-ring (bicyclic) bond motifs is 1. The highest BCUT2D eigenvalue weighted by atomic mass is 16.5. The van der Waals surface area contributed by atoms with Gasteiger partial charge in [0.2, 0.25) is 5.91 Å². The van der Waals surface area contributed by atoms with Gasteiger partial charge in [-0.1, -0.05) is 18.2 Å². The minimum absolute atomic E-state index is 0.00488. The number of para-hydroxylation sites is 1. The van der Waals surface area contributed by atoms with E-state index in [1.54, 1.807) is 6.92 Å². The highest BCUT2D eigenvalue weighted by Gasteiger charge is 2.29. The first-order valence-corrected chi connectivity index (χ1v) is 9.15. The van der Waals surface area contributed by atoms with Crippen LogP contribution in [0.3, 0.4) is 0 Å². The molecule has 1 aromatic carbocycles. The van der Waals surface area contributed by atoms with Crippen LogP contribution in [0.15, 0.2) is 24.3 Å². The summed E-state index contributed by atoms with van der Waals surface area (Å²) in [6.07, 6.45) is 3.95. The van der Waals surface area contributed by atoms with Crippen LogP contribution in [0, 0.1) is 0 Å². The average molecular weight is 345 g/mol. The Balaban J connectivity index is 1.56. The number of amides is 3. The van der Waals surface area contributed by atoms with Crippen LogP contribution in [0.5, 0.6) is 5.75 Å². The predicted octanol–water partition coefficient (Wildman–Crippen LogP) is 2.60. The fourth-order valence-electron chi connectivity index (χ4n) is 3.62. The summed E-state index contributed by atoms with van der Waals surface area (Å²) in [5.74, 6) is 0.806. The van der Waals surface area contributed by atoms with Gasteiger partial charge in [0.25, 0.3) is 0 Å². The molecule has 3 rings (SSSR count). The van der Waals surface area contributed by atoms with Crippen molar-refractivity contribution in [1.82, 2.24) is 15.5 Å². The molecule has 2 aliphatic rings. The Morgan fingerprint density at radius 2 is 2.04 bits per heavy atom. The zero-order valence-electron chi connectivity index (χ0n) is 15.0. The minimum Gasteiger partial charge on any atom is -0.493 e. The summed E-state index contributed by atoms with van der Waals surface area (Å²) < 4.78 is 5.61. The van der Waals surface area contributed by atoms with Gasteiger partial charge in [0.1, 0.15) is 11.8 Å². The molecule has 0 spiro atoms. The van der Waals surface area contributed by atoms with Gasteiger partial charge in [-0.3, -0.25) is 4.79 Å². The van der Waals surface area contributed by atoms with Crippen molar-refractivity contribution in [1.29, 1.82) is 0 Å². The molecule has 3 amide bonds. The minimum atomic E-state index is -0.532. The van der Waals surface area contributed by atoms with E-state index in [-0.39, 0.29) is 24.0 Å². The fourth-order valence-corrected chi connectivity index (χ4v) is 3.62. The SMILES string of the molecule is C[C@H](NC(=O)N[C@H]1CCOc2ccccc21)C(=O)N1CCCC[C@@H]1C. The number of rotatable bonds is 3. The van der Waals surface area contributed by atoms with Crippen LogP contribution in [0.25, 0.3) is 0 Å². The van der Waals surface area contributed by atoms with Crippen molar-refractivity contribution in [2.24, 2.45) is 0 Å². The number of carbonyl (C=O) groups is 2. The first kappa shape index (κ1) is 17.6. The molecule has 0 radical (unpaired) electrons. The lowest BCUT2D eigenvalue weighted by molar-refractivity contribution is -0.136. The lowest BCUT2D eigenvalue weighted by atomic mass is 10.0. The lowest BCUT2D eigenvalue weighted by Gasteiger charge is -2.35. The topological polar surface area (TPSA) is 70.7 Å². The molecule has 136 valence electrons. The molecule has 6 heteroatoms. The van der Waals surface area contributed by atoms with Gasteiger partial charge in [0, 0.05) is 24.6 Å². The van der Waals surface area contributed by atoms with Crippen LogP contribution in [0.2, 0.25) is 0 Å². The molecule has 6 nitrogen and oxygen atoms in total.